The maximum absolute atomic E-state index is 13.1. The lowest BCUT2D eigenvalue weighted by Crippen LogP contribution is -2.06. The molecule has 0 bridgehead atoms. The molecule has 0 radical (unpaired) electrons. The summed E-state index contributed by atoms with van der Waals surface area (Å²) >= 11 is 3.25. The number of rotatable bonds is 4. The van der Waals surface area contributed by atoms with Crippen LogP contribution in [0.15, 0.2) is 39.4 Å². The molecule has 2 rings (SSSR count). The zero-order chi connectivity index (χ0) is 13.1. The van der Waals surface area contributed by atoms with E-state index in [1.54, 1.807) is 6.07 Å². The van der Waals surface area contributed by atoms with Crippen molar-refractivity contribution in [1.82, 2.24) is 0 Å². The predicted molar refractivity (Wildman–Crippen MR) is 71.4 cm³/mol. The van der Waals surface area contributed by atoms with E-state index in [1.807, 2.05) is 19.1 Å². The number of nitrogens with one attached hydrogen (secondary N) is 1. The fourth-order valence-corrected chi connectivity index (χ4v) is 1.97. The summed E-state index contributed by atoms with van der Waals surface area (Å²) in [4.78, 5) is 0. The smallest absolute Gasteiger partial charge is 0.169 e. The first-order valence-corrected chi connectivity index (χ1v) is 6.25. The minimum Gasteiger partial charge on any atom is -0.494 e. The first-order valence-electron chi connectivity index (χ1n) is 5.45. The zero-order valence-corrected chi connectivity index (χ0v) is 11.6. The van der Waals surface area contributed by atoms with Gasteiger partial charge < -0.3 is 14.5 Å². The summed E-state index contributed by atoms with van der Waals surface area (Å²) < 4.78 is 24.3. The SMILES string of the molecule is COc1cc(F)ccc1NC(C)c1ccc(Br)o1. The molecule has 1 unspecified atom stereocenters. The van der Waals surface area contributed by atoms with Crippen LogP contribution in [0.1, 0.15) is 18.7 Å². The van der Waals surface area contributed by atoms with Gasteiger partial charge in [0.25, 0.3) is 0 Å². The van der Waals surface area contributed by atoms with E-state index in [4.69, 9.17) is 9.15 Å². The summed E-state index contributed by atoms with van der Waals surface area (Å²) in [5.74, 6) is 0.923. The highest BCUT2D eigenvalue weighted by molar-refractivity contribution is 9.10. The third-order valence-electron chi connectivity index (χ3n) is 2.56. The average molecular weight is 314 g/mol. The monoisotopic (exact) mass is 313 g/mol. The van der Waals surface area contributed by atoms with Crippen molar-refractivity contribution >= 4 is 21.6 Å². The van der Waals surface area contributed by atoms with E-state index in [0.29, 0.717) is 10.4 Å². The van der Waals surface area contributed by atoms with Crippen molar-refractivity contribution in [3.05, 3.63) is 46.6 Å². The van der Waals surface area contributed by atoms with E-state index in [1.165, 1.54) is 19.2 Å². The molecule has 1 aromatic carbocycles. The highest BCUT2D eigenvalue weighted by Crippen LogP contribution is 2.30. The second-order valence-corrected chi connectivity index (χ2v) is 4.63. The van der Waals surface area contributed by atoms with Crippen LogP contribution >= 0.6 is 15.9 Å². The van der Waals surface area contributed by atoms with Crippen molar-refractivity contribution in [1.29, 1.82) is 0 Å². The van der Waals surface area contributed by atoms with Gasteiger partial charge in [0.15, 0.2) is 4.67 Å². The molecule has 0 fully saturated rings. The number of benzene rings is 1. The second kappa shape index (κ2) is 5.44. The summed E-state index contributed by atoms with van der Waals surface area (Å²) in [5, 5.41) is 3.21. The average Bonchev–Trinajstić information content (AvgIpc) is 2.78. The van der Waals surface area contributed by atoms with Crippen molar-refractivity contribution in [2.75, 3.05) is 12.4 Å². The number of hydrogen-bond donors (Lipinski definition) is 1. The van der Waals surface area contributed by atoms with Crippen LogP contribution in [-0.2, 0) is 0 Å². The van der Waals surface area contributed by atoms with Gasteiger partial charge in [-0.3, -0.25) is 0 Å². The van der Waals surface area contributed by atoms with E-state index in [-0.39, 0.29) is 11.9 Å². The fraction of sp³-hybridized carbons (Fsp3) is 0.231. The maximum Gasteiger partial charge on any atom is 0.169 e. The summed E-state index contributed by atoms with van der Waals surface area (Å²) in [6.07, 6.45) is 0. The van der Waals surface area contributed by atoms with Crippen molar-refractivity contribution < 1.29 is 13.5 Å². The van der Waals surface area contributed by atoms with Crippen molar-refractivity contribution in [2.24, 2.45) is 0 Å². The summed E-state index contributed by atoms with van der Waals surface area (Å²) in [6, 6.07) is 8.02. The van der Waals surface area contributed by atoms with Crippen LogP contribution in [0.3, 0.4) is 0 Å². The van der Waals surface area contributed by atoms with Crippen LogP contribution in [0.2, 0.25) is 0 Å². The Labute approximate surface area is 113 Å². The molecular formula is C13H13BrFNO2. The van der Waals surface area contributed by atoms with Crippen molar-refractivity contribution in [3.63, 3.8) is 0 Å². The molecule has 0 aliphatic carbocycles. The number of hydrogen-bond acceptors (Lipinski definition) is 3. The Bertz CT molecular complexity index is 542. The molecule has 1 atom stereocenters. The summed E-state index contributed by atoms with van der Waals surface area (Å²) in [7, 11) is 1.51. The number of anilines is 1. The van der Waals surface area contributed by atoms with Gasteiger partial charge >= 0.3 is 0 Å². The van der Waals surface area contributed by atoms with Gasteiger partial charge in [0.05, 0.1) is 18.8 Å². The van der Waals surface area contributed by atoms with Gasteiger partial charge in [-0.15, -0.1) is 0 Å². The Morgan fingerprint density at radius 1 is 1.33 bits per heavy atom. The Morgan fingerprint density at radius 2 is 2.11 bits per heavy atom. The molecule has 0 amide bonds. The van der Waals surface area contributed by atoms with Crippen LogP contribution in [0.5, 0.6) is 5.75 Å². The predicted octanol–water partition coefficient (Wildman–Crippen LogP) is 4.36. The van der Waals surface area contributed by atoms with Gasteiger partial charge in [-0.1, -0.05) is 0 Å². The molecule has 3 nitrogen and oxygen atoms in total. The number of ether oxygens (including phenoxy) is 1. The fourth-order valence-electron chi connectivity index (χ4n) is 1.65. The minimum atomic E-state index is -0.328. The molecule has 18 heavy (non-hydrogen) atoms. The van der Waals surface area contributed by atoms with Gasteiger partial charge in [0.1, 0.15) is 17.3 Å². The van der Waals surface area contributed by atoms with E-state index in [9.17, 15) is 4.39 Å². The lowest BCUT2D eigenvalue weighted by atomic mass is 10.2. The summed E-state index contributed by atoms with van der Waals surface area (Å²) in [5.41, 5.74) is 0.721. The third kappa shape index (κ3) is 2.85. The van der Waals surface area contributed by atoms with Crippen molar-refractivity contribution in [3.8, 4) is 5.75 Å². The van der Waals surface area contributed by atoms with Crippen molar-refractivity contribution in [2.45, 2.75) is 13.0 Å². The molecule has 96 valence electrons. The molecule has 0 spiro atoms. The standard InChI is InChI=1S/C13H13BrFNO2/c1-8(11-5-6-13(14)18-11)16-10-4-3-9(15)7-12(10)17-2/h3-8,16H,1-2H3. The quantitative estimate of drug-likeness (QED) is 0.910. The number of methoxy groups -OCH3 is 1. The number of halogens is 2. The molecule has 2 aromatic rings. The minimum absolute atomic E-state index is 0.0457. The molecule has 0 aliphatic rings. The maximum atomic E-state index is 13.1. The number of furan rings is 1. The lowest BCUT2D eigenvalue weighted by molar-refractivity contribution is 0.411. The molecular weight excluding hydrogens is 301 g/mol. The first-order chi connectivity index (χ1) is 8.60. The van der Waals surface area contributed by atoms with E-state index in [2.05, 4.69) is 21.2 Å². The van der Waals surface area contributed by atoms with E-state index in [0.717, 1.165) is 11.4 Å². The van der Waals surface area contributed by atoms with Crippen LogP contribution in [0.4, 0.5) is 10.1 Å². The molecule has 0 saturated carbocycles. The Kier molecular flexibility index (Phi) is 3.91. The van der Waals surface area contributed by atoms with Gasteiger partial charge in [-0.05, 0) is 47.1 Å². The van der Waals surface area contributed by atoms with Crippen LogP contribution in [-0.4, -0.2) is 7.11 Å². The van der Waals surface area contributed by atoms with Gasteiger partial charge in [0, 0.05) is 6.07 Å². The highest BCUT2D eigenvalue weighted by Gasteiger charge is 2.12. The van der Waals surface area contributed by atoms with E-state index >= 15 is 0 Å². The molecule has 1 heterocycles. The second-order valence-electron chi connectivity index (χ2n) is 3.85. The largest absolute Gasteiger partial charge is 0.494 e. The van der Waals surface area contributed by atoms with Gasteiger partial charge in [0.2, 0.25) is 0 Å². The van der Waals surface area contributed by atoms with Crippen LogP contribution in [0, 0.1) is 5.82 Å². The molecule has 1 N–H and O–H groups in total. The molecule has 5 heteroatoms. The topological polar surface area (TPSA) is 34.4 Å². The molecule has 0 aliphatic heterocycles. The summed E-state index contributed by atoms with van der Waals surface area (Å²) in [6.45, 7) is 1.95. The Morgan fingerprint density at radius 3 is 2.72 bits per heavy atom. The zero-order valence-electron chi connectivity index (χ0n) is 10.0. The van der Waals surface area contributed by atoms with Gasteiger partial charge in [-0.2, -0.15) is 0 Å². The normalized spacial score (nSPS) is 12.2. The molecule has 0 saturated heterocycles. The highest BCUT2D eigenvalue weighted by atomic mass is 79.9. The Hall–Kier alpha value is -1.49. The first kappa shape index (κ1) is 13.0. The van der Waals surface area contributed by atoms with Crippen LogP contribution in [0.25, 0.3) is 0 Å². The third-order valence-corrected chi connectivity index (χ3v) is 2.98. The van der Waals surface area contributed by atoms with E-state index < -0.39 is 0 Å². The Balaban J connectivity index is 2.18. The van der Waals surface area contributed by atoms with Crippen LogP contribution < -0.4 is 10.1 Å². The van der Waals surface area contributed by atoms with Gasteiger partial charge in [-0.25, -0.2) is 4.39 Å². The lowest BCUT2D eigenvalue weighted by Gasteiger charge is -2.15. The molecule has 1 aromatic heterocycles.